The molecular weight excluding hydrogens is 422 g/mol. The fraction of sp³-hybridized carbons (Fsp3) is 0.478. The number of amides is 1. The Kier molecular flexibility index (Phi) is 6.78. The number of carbonyl (C=O) groups excluding carboxylic acids is 2. The van der Waals surface area contributed by atoms with Crippen LogP contribution in [0, 0.1) is 18.3 Å². The second-order valence-corrected chi connectivity index (χ2v) is 10.3. The molecule has 30 heavy (non-hydrogen) atoms. The molecular formula is C23H28ClNO4S. The van der Waals surface area contributed by atoms with Gasteiger partial charge in [0.2, 0.25) is 0 Å². The zero-order valence-electron chi connectivity index (χ0n) is 18.1. The molecule has 7 heteroatoms. The van der Waals surface area contributed by atoms with Gasteiger partial charge in [-0.05, 0) is 66.8 Å². The number of hydrogen-bond acceptors (Lipinski definition) is 5. The van der Waals surface area contributed by atoms with E-state index in [0.717, 1.165) is 35.3 Å². The van der Waals surface area contributed by atoms with E-state index < -0.39 is 5.97 Å². The number of nitrogens with one attached hydrogen (secondary N) is 1. The lowest BCUT2D eigenvalue weighted by molar-refractivity contribution is -0.118. The van der Waals surface area contributed by atoms with Crippen LogP contribution in [0.3, 0.4) is 0 Å². The predicted octanol–water partition coefficient (Wildman–Crippen LogP) is 5.67. The van der Waals surface area contributed by atoms with Gasteiger partial charge in [-0.3, -0.25) is 4.79 Å². The summed E-state index contributed by atoms with van der Waals surface area (Å²) in [6, 6.07) is 5.24. The standard InChI is InChI=1S/C23H28ClNO4S/c1-13-10-15(24)7-9-17(13)29-12-19(26)25-21-20(22(27)28-5)16-8-6-14(23(2,3)4)11-18(16)30-21/h7,9-10,14H,6,8,11-12H2,1-5H3,(H,25,26)/t14-/m1/s1. The molecule has 0 saturated carbocycles. The number of anilines is 1. The van der Waals surface area contributed by atoms with Gasteiger partial charge < -0.3 is 14.8 Å². The van der Waals surface area contributed by atoms with Crippen LogP contribution in [0.25, 0.3) is 0 Å². The molecule has 0 saturated heterocycles. The highest BCUT2D eigenvalue weighted by molar-refractivity contribution is 7.17. The van der Waals surface area contributed by atoms with Gasteiger partial charge >= 0.3 is 5.97 Å². The van der Waals surface area contributed by atoms with Gasteiger partial charge in [0.1, 0.15) is 10.8 Å². The maximum absolute atomic E-state index is 12.6. The minimum atomic E-state index is -0.411. The zero-order chi connectivity index (χ0) is 22.1. The lowest BCUT2D eigenvalue weighted by Gasteiger charge is -2.33. The average molecular weight is 450 g/mol. The molecule has 0 spiro atoms. The first kappa shape index (κ1) is 22.6. The molecule has 1 heterocycles. The van der Waals surface area contributed by atoms with Crippen molar-refractivity contribution in [2.45, 2.75) is 47.0 Å². The Bertz CT molecular complexity index is 961. The summed E-state index contributed by atoms with van der Waals surface area (Å²) >= 11 is 7.43. The van der Waals surface area contributed by atoms with Crippen molar-refractivity contribution in [3.63, 3.8) is 0 Å². The van der Waals surface area contributed by atoms with E-state index in [1.807, 2.05) is 6.92 Å². The lowest BCUT2D eigenvalue weighted by Crippen LogP contribution is -2.26. The van der Waals surface area contributed by atoms with Crippen molar-refractivity contribution in [2.24, 2.45) is 11.3 Å². The molecule has 1 aliphatic carbocycles. The second kappa shape index (κ2) is 8.98. The number of rotatable bonds is 5. The van der Waals surface area contributed by atoms with Crippen molar-refractivity contribution in [2.75, 3.05) is 19.0 Å². The van der Waals surface area contributed by atoms with Crippen LogP contribution < -0.4 is 10.1 Å². The SMILES string of the molecule is COC(=O)c1c(NC(=O)COc2ccc(Cl)cc2C)sc2c1CC[C@@H](C(C)(C)C)C2. The van der Waals surface area contributed by atoms with Gasteiger partial charge in [0.25, 0.3) is 5.91 Å². The minimum Gasteiger partial charge on any atom is -0.483 e. The molecule has 1 atom stereocenters. The van der Waals surface area contributed by atoms with E-state index in [0.29, 0.717) is 27.3 Å². The van der Waals surface area contributed by atoms with Crippen LogP contribution in [0.1, 0.15) is 53.6 Å². The van der Waals surface area contributed by atoms with Crippen molar-refractivity contribution in [1.82, 2.24) is 0 Å². The maximum atomic E-state index is 12.6. The first-order valence-corrected chi connectivity index (χ1v) is 11.2. The highest BCUT2D eigenvalue weighted by Crippen LogP contribution is 2.44. The minimum absolute atomic E-state index is 0.156. The zero-order valence-corrected chi connectivity index (χ0v) is 19.6. The van der Waals surface area contributed by atoms with Crippen LogP contribution in [-0.2, 0) is 22.4 Å². The van der Waals surface area contributed by atoms with Crippen molar-refractivity contribution >= 4 is 39.8 Å². The molecule has 2 aromatic rings. The molecule has 162 valence electrons. The molecule has 1 aliphatic rings. The number of methoxy groups -OCH3 is 1. The molecule has 0 unspecified atom stereocenters. The largest absolute Gasteiger partial charge is 0.483 e. The lowest BCUT2D eigenvalue weighted by atomic mass is 9.72. The number of thiophene rings is 1. The summed E-state index contributed by atoms with van der Waals surface area (Å²) in [6.07, 6.45) is 2.74. The Labute approximate surface area is 186 Å². The number of ether oxygens (including phenoxy) is 2. The highest BCUT2D eigenvalue weighted by atomic mass is 35.5. The Morgan fingerprint density at radius 3 is 2.67 bits per heavy atom. The predicted molar refractivity (Wildman–Crippen MR) is 121 cm³/mol. The number of carbonyl (C=O) groups is 2. The first-order chi connectivity index (χ1) is 14.1. The molecule has 5 nitrogen and oxygen atoms in total. The molecule has 0 aliphatic heterocycles. The van der Waals surface area contributed by atoms with Crippen LogP contribution in [-0.4, -0.2) is 25.6 Å². The molecule has 1 aromatic carbocycles. The van der Waals surface area contributed by atoms with E-state index in [-0.39, 0.29) is 17.9 Å². The summed E-state index contributed by atoms with van der Waals surface area (Å²) in [5.74, 6) is 0.405. The normalized spacial score (nSPS) is 16.0. The third-order valence-electron chi connectivity index (χ3n) is 5.63. The third-order valence-corrected chi connectivity index (χ3v) is 7.03. The maximum Gasteiger partial charge on any atom is 0.341 e. The van der Waals surface area contributed by atoms with Crippen LogP contribution in [0.15, 0.2) is 18.2 Å². The average Bonchev–Trinajstić information content (AvgIpc) is 3.02. The molecule has 1 amide bonds. The summed E-state index contributed by atoms with van der Waals surface area (Å²) in [6.45, 7) is 8.45. The first-order valence-electron chi connectivity index (χ1n) is 10.0. The monoisotopic (exact) mass is 449 g/mol. The van der Waals surface area contributed by atoms with E-state index in [9.17, 15) is 9.59 Å². The molecule has 1 aromatic heterocycles. The van der Waals surface area contributed by atoms with Gasteiger partial charge in [0.15, 0.2) is 6.61 Å². The van der Waals surface area contributed by atoms with Crippen LogP contribution in [0.5, 0.6) is 5.75 Å². The Morgan fingerprint density at radius 1 is 1.30 bits per heavy atom. The van der Waals surface area contributed by atoms with Gasteiger partial charge in [0.05, 0.1) is 12.7 Å². The molecule has 0 fully saturated rings. The van der Waals surface area contributed by atoms with E-state index in [4.69, 9.17) is 21.1 Å². The van der Waals surface area contributed by atoms with E-state index in [1.54, 1.807) is 18.2 Å². The van der Waals surface area contributed by atoms with Gasteiger partial charge in [-0.15, -0.1) is 11.3 Å². The molecule has 0 radical (unpaired) electrons. The van der Waals surface area contributed by atoms with E-state index in [1.165, 1.54) is 18.4 Å². The van der Waals surface area contributed by atoms with E-state index in [2.05, 4.69) is 26.1 Å². The molecule has 0 bridgehead atoms. The summed E-state index contributed by atoms with van der Waals surface area (Å²) in [7, 11) is 1.37. The molecule has 1 N–H and O–H groups in total. The summed E-state index contributed by atoms with van der Waals surface area (Å²) in [4.78, 5) is 26.2. The van der Waals surface area contributed by atoms with Gasteiger partial charge in [-0.1, -0.05) is 32.4 Å². The quantitative estimate of drug-likeness (QED) is 0.597. The summed E-state index contributed by atoms with van der Waals surface area (Å²) in [5, 5.41) is 4.03. The van der Waals surface area contributed by atoms with Crippen LogP contribution in [0.2, 0.25) is 5.02 Å². The Hall–Kier alpha value is -2.05. The topological polar surface area (TPSA) is 64.6 Å². The fourth-order valence-electron chi connectivity index (χ4n) is 3.81. The second-order valence-electron chi connectivity index (χ2n) is 8.75. The fourth-order valence-corrected chi connectivity index (χ4v) is 5.37. The highest BCUT2D eigenvalue weighted by Gasteiger charge is 2.34. The van der Waals surface area contributed by atoms with E-state index >= 15 is 0 Å². The Balaban J connectivity index is 1.77. The van der Waals surface area contributed by atoms with Crippen molar-refractivity contribution in [3.05, 3.63) is 44.8 Å². The molecule has 3 rings (SSSR count). The number of hydrogen-bond donors (Lipinski definition) is 1. The number of benzene rings is 1. The van der Waals surface area contributed by atoms with Crippen molar-refractivity contribution in [3.8, 4) is 5.75 Å². The van der Waals surface area contributed by atoms with Gasteiger partial charge in [-0.25, -0.2) is 4.79 Å². The third kappa shape index (κ3) is 4.98. The summed E-state index contributed by atoms with van der Waals surface area (Å²) in [5.41, 5.74) is 2.55. The smallest absolute Gasteiger partial charge is 0.341 e. The van der Waals surface area contributed by atoms with Crippen molar-refractivity contribution < 1.29 is 19.1 Å². The van der Waals surface area contributed by atoms with Crippen LogP contribution >= 0.6 is 22.9 Å². The number of halogens is 1. The van der Waals surface area contributed by atoms with Crippen LogP contribution in [0.4, 0.5) is 5.00 Å². The summed E-state index contributed by atoms with van der Waals surface area (Å²) < 4.78 is 10.6. The Morgan fingerprint density at radius 2 is 2.03 bits per heavy atom. The number of aryl methyl sites for hydroxylation is 1. The number of fused-ring (bicyclic) bond motifs is 1. The van der Waals surface area contributed by atoms with Gasteiger partial charge in [-0.2, -0.15) is 0 Å². The van der Waals surface area contributed by atoms with Crippen molar-refractivity contribution in [1.29, 1.82) is 0 Å². The number of esters is 1. The van der Waals surface area contributed by atoms with Gasteiger partial charge in [0, 0.05) is 9.90 Å².